The Bertz CT molecular complexity index is 1520. The van der Waals surface area contributed by atoms with Gasteiger partial charge in [0.2, 0.25) is 0 Å². The SMILES string of the molecule is Cn1nc(-c2ccc(F)cc2F)cc1C(=O)CC1(CC(=O)CC(C)(C)c2cccc(Cl)c2)CN(C2CCC(C)(O)CC2)C1. The fourth-order valence-corrected chi connectivity index (χ4v) is 7.11. The van der Waals surface area contributed by atoms with Crippen LogP contribution in [0.5, 0.6) is 0 Å². The number of benzene rings is 2. The van der Waals surface area contributed by atoms with Crippen LogP contribution >= 0.6 is 11.6 Å². The maximum absolute atomic E-state index is 14.5. The molecule has 3 aromatic rings. The van der Waals surface area contributed by atoms with Crippen LogP contribution in [0.4, 0.5) is 8.78 Å². The van der Waals surface area contributed by atoms with E-state index in [-0.39, 0.29) is 35.7 Å². The maximum atomic E-state index is 14.5. The van der Waals surface area contributed by atoms with Crippen LogP contribution in [-0.2, 0) is 17.3 Å². The molecule has 1 saturated heterocycles. The van der Waals surface area contributed by atoms with Crippen LogP contribution in [0.1, 0.15) is 81.8 Å². The van der Waals surface area contributed by atoms with Gasteiger partial charge in [0.25, 0.3) is 0 Å². The number of aryl methyl sites for hydroxylation is 1. The molecule has 9 heteroatoms. The third-order valence-electron chi connectivity index (χ3n) is 9.35. The summed E-state index contributed by atoms with van der Waals surface area (Å²) in [4.78, 5) is 29.8. The number of halogens is 3. The van der Waals surface area contributed by atoms with Gasteiger partial charge in [-0.05, 0) is 73.9 Å². The highest BCUT2D eigenvalue weighted by Crippen LogP contribution is 2.44. The summed E-state index contributed by atoms with van der Waals surface area (Å²) in [5, 5.41) is 15.4. The molecule has 2 heterocycles. The predicted octanol–water partition coefficient (Wildman–Crippen LogP) is 6.91. The summed E-state index contributed by atoms with van der Waals surface area (Å²) < 4.78 is 29.4. The average Bonchev–Trinajstić information content (AvgIpc) is 3.28. The van der Waals surface area contributed by atoms with Gasteiger partial charge in [0.1, 0.15) is 23.1 Å². The van der Waals surface area contributed by atoms with Gasteiger partial charge in [-0.1, -0.05) is 37.6 Å². The molecule has 0 atom stereocenters. The topological polar surface area (TPSA) is 75.4 Å². The minimum Gasteiger partial charge on any atom is -0.390 e. The second-order valence-electron chi connectivity index (χ2n) is 13.7. The standard InChI is InChI=1S/C34H40ClF2N3O3/c1-32(2,22-6-5-7-23(35)14-22)17-26(41)18-34(20-40(21-34)25-10-12-33(3,43)13-11-25)19-31(42)30-16-29(38-39(30)4)27-9-8-24(36)15-28(27)37/h5-9,14-16,25,43H,10-13,17-21H2,1-4H3. The van der Waals surface area contributed by atoms with Crippen molar-refractivity contribution in [1.29, 1.82) is 0 Å². The number of ketones is 2. The Labute approximate surface area is 257 Å². The van der Waals surface area contributed by atoms with E-state index in [1.54, 1.807) is 7.05 Å². The molecule has 2 aromatic carbocycles. The molecule has 230 valence electrons. The highest BCUT2D eigenvalue weighted by atomic mass is 35.5. The summed E-state index contributed by atoms with van der Waals surface area (Å²) in [5.41, 5.74) is 0.0624. The lowest BCUT2D eigenvalue weighted by molar-refractivity contribution is -0.128. The molecule has 2 fully saturated rings. The molecular formula is C34H40ClF2N3O3. The van der Waals surface area contributed by atoms with Gasteiger partial charge >= 0.3 is 0 Å². The van der Waals surface area contributed by atoms with Crippen LogP contribution in [0.2, 0.25) is 5.02 Å². The molecule has 0 unspecified atom stereocenters. The first-order valence-electron chi connectivity index (χ1n) is 14.9. The number of Topliss-reactive ketones (excluding diaryl/α,β-unsaturated/α-hetero) is 2. The van der Waals surface area contributed by atoms with Gasteiger partial charge in [-0.3, -0.25) is 19.2 Å². The zero-order chi connectivity index (χ0) is 31.2. The number of nitrogens with zero attached hydrogens (tertiary/aromatic N) is 3. The number of hydrogen-bond acceptors (Lipinski definition) is 5. The fourth-order valence-electron chi connectivity index (χ4n) is 6.92. The Morgan fingerprint density at radius 1 is 1.07 bits per heavy atom. The van der Waals surface area contributed by atoms with Crippen molar-refractivity contribution in [1.82, 2.24) is 14.7 Å². The fraction of sp³-hybridized carbons (Fsp3) is 0.500. The summed E-state index contributed by atoms with van der Waals surface area (Å²) >= 11 is 6.23. The zero-order valence-electron chi connectivity index (χ0n) is 25.3. The molecule has 5 rings (SSSR count). The second kappa shape index (κ2) is 11.9. The molecule has 0 spiro atoms. The van der Waals surface area contributed by atoms with E-state index in [0.717, 1.165) is 43.4 Å². The van der Waals surface area contributed by atoms with Gasteiger partial charge in [0.05, 0.1) is 11.3 Å². The van der Waals surface area contributed by atoms with Crippen molar-refractivity contribution >= 4 is 23.2 Å². The highest BCUT2D eigenvalue weighted by Gasteiger charge is 2.49. The Morgan fingerprint density at radius 3 is 2.42 bits per heavy atom. The van der Waals surface area contributed by atoms with Gasteiger partial charge in [-0.2, -0.15) is 5.10 Å². The van der Waals surface area contributed by atoms with E-state index in [2.05, 4.69) is 10.00 Å². The predicted molar refractivity (Wildman–Crippen MR) is 163 cm³/mol. The summed E-state index contributed by atoms with van der Waals surface area (Å²) in [6.07, 6.45) is 3.94. The third kappa shape index (κ3) is 7.08. The van der Waals surface area contributed by atoms with Crippen LogP contribution in [0.3, 0.4) is 0 Å². The van der Waals surface area contributed by atoms with Crippen molar-refractivity contribution in [2.45, 2.75) is 82.8 Å². The monoisotopic (exact) mass is 611 g/mol. The quantitative estimate of drug-likeness (QED) is 0.252. The normalized spacial score (nSPS) is 22.3. The highest BCUT2D eigenvalue weighted by molar-refractivity contribution is 6.30. The lowest BCUT2D eigenvalue weighted by Gasteiger charge is -2.55. The summed E-state index contributed by atoms with van der Waals surface area (Å²) in [5.74, 6) is -1.52. The Balaban J connectivity index is 1.34. The van der Waals surface area contributed by atoms with Crippen LogP contribution in [0.15, 0.2) is 48.5 Å². The molecule has 1 aliphatic heterocycles. The van der Waals surface area contributed by atoms with E-state index < -0.39 is 28.1 Å². The van der Waals surface area contributed by atoms with Gasteiger partial charge in [-0.15, -0.1) is 0 Å². The molecule has 0 amide bonds. The molecule has 1 N–H and O–H groups in total. The first kappa shape index (κ1) is 31.5. The van der Waals surface area contributed by atoms with E-state index in [1.165, 1.54) is 16.8 Å². The van der Waals surface area contributed by atoms with Crippen LogP contribution in [-0.4, -0.2) is 56.1 Å². The van der Waals surface area contributed by atoms with Crippen LogP contribution in [0.25, 0.3) is 11.3 Å². The van der Waals surface area contributed by atoms with Crippen molar-refractivity contribution in [3.8, 4) is 11.3 Å². The van der Waals surface area contributed by atoms with Crippen molar-refractivity contribution in [3.05, 3.63) is 76.4 Å². The smallest absolute Gasteiger partial charge is 0.181 e. The number of likely N-dealkylation sites (tertiary alicyclic amines) is 1. The Morgan fingerprint density at radius 2 is 1.77 bits per heavy atom. The first-order chi connectivity index (χ1) is 20.2. The first-order valence-corrected chi connectivity index (χ1v) is 15.3. The lowest BCUT2D eigenvalue weighted by atomic mass is 9.68. The number of carbonyl (C=O) groups is 2. The number of aromatic nitrogens is 2. The molecular weight excluding hydrogens is 572 g/mol. The van der Waals surface area contributed by atoms with E-state index in [1.807, 2.05) is 45.0 Å². The maximum Gasteiger partial charge on any atom is 0.181 e. The Kier molecular flexibility index (Phi) is 8.69. The number of carbonyl (C=O) groups excluding carboxylic acids is 2. The molecule has 2 aliphatic rings. The lowest BCUT2D eigenvalue weighted by Crippen LogP contribution is -2.62. The van der Waals surface area contributed by atoms with Gasteiger partial charge in [-0.25, -0.2) is 8.78 Å². The molecule has 0 bridgehead atoms. The second-order valence-corrected chi connectivity index (χ2v) is 14.1. The summed E-state index contributed by atoms with van der Waals surface area (Å²) in [6.45, 7) is 7.17. The third-order valence-corrected chi connectivity index (χ3v) is 9.59. The van der Waals surface area contributed by atoms with Crippen molar-refractivity contribution in [3.63, 3.8) is 0 Å². The van der Waals surface area contributed by atoms with Gasteiger partial charge < -0.3 is 5.11 Å². The molecule has 1 saturated carbocycles. The molecule has 6 nitrogen and oxygen atoms in total. The van der Waals surface area contributed by atoms with Crippen molar-refractivity contribution in [2.24, 2.45) is 12.5 Å². The largest absolute Gasteiger partial charge is 0.390 e. The number of rotatable bonds is 10. The summed E-state index contributed by atoms with van der Waals surface area (Å²) in [7, 11) is 1.63. The van der Waals surface area contributed by atoms with Crippen molar-refractivity contribution in [2.75, 3.05) is 13.1 Å². The van der Waals surface area contributed by atoms with Crippen LogP contribution < -0.4 is 0 Å². The Hall–Kier alpha value is -2.94. The van der Waals surface area contributed by atoms with E-state index in [4.69, 9.17) is 11.6 Å². The average molecular weight is 612 g/mol. The zero-order valence-corrected chi connectivity index (χ0v) is 26.1. The van der Waals surface area contributed by atoms with E-state index in [9.17, 15) is 23.5 Å². The molecule has 1 aliphatic carbocycles. The molecule has 43 heavy (non-hydrogen) atoms. The minimum absolute atomic E-state index is 0.0862. The van der Waals surface area contributed by atoms with Crippen LogP contribution in [0, 0.1) is 17.0 Å². The minimum atomic E-state index is -0.748. The number of aliphatic hydroxyl groups is 1. The van der Waals surface area contributed by atoms with E-state index in [0.29, 0.717) is 36.3 Å². The van der Waals surface area contributed by atoms with Gasteiger partial charge in [0, 0.05) is 67.5 Å². The molecule has 0 radical (unpaired) electrons. The van der Waals surface area contributed by atoms with Gasteiger partial charge in [0.15, 0.2) is 5.78 Å². The number of hydrogen-bond donors (Lipinski definition) is 1. The van der Waals surface area contributed by atoms with Crippen molar-refractivity contribution < 1.29 is 23.5 Å². The summed E-state index contributed by atoms with van der Waals surface area (Å²) in [6, 6.07) is 12.7. The molecule has 1 aromatic heterocycles. The van der Waals surface area contributed by atoms with E-state index >= 15 is 0 Å².